The van der Waals surface area contributed by atoms with Crippen LogP contribution in [0.1, 0.15) is 22.8 Å². The van der Waals surface area contributed by atoms with Crippen molar-refractivity contribution in [2.45, 2.75) is 18.4 Å². The van der Waals surface area contributed by atoms with Crippen molar-refractivity contribution >= 4 is 43.5 Å². The summed E-state index contributed by atoms with van der Waals surface area (Å²) >= 11 is 0.902. The standard InChI is InChI=1S/C21H19NO4S2/c1-15(23)27-14-21(24)19-7-4-8-20(12-19)28(25,26)22-13-16-9-10-17-5-2-3-6-18(17)11-16/h2-12,22H,13-14H2,1H3. The molecule has 0 aliphatic rings. The Morgan fingerprint density at radius 2 is 1.68 bits per heavy atom. The fourth-order valence-corrected chi connectivity index (χ4v) is 4.26. The third kappa shape index (κ3) is 5.07. The molecular weight excluding hydrogens is 394 g/mol. The SMILES string of the molecule is CC(=O)SCC(=O)c1cccc(S(=O)(=O)NCc2ccc3ccccc3c2)c1. The van der Waals surface area contributed by atoms with E-state index in [-0.39, 0.29) is 33.7 Å². The van der Waals surface area contributed by atoms with Crippen LogP contribution in [0.2, 0.25) is 0 Å². The van der Waals surface area contributed by atoms with E-state index in [4.69, 9.17) is 0 Å². The monoisotopic (exact) mass is 413 g/mol. The molecule has 3 aromatic carbocycles. The van der Waals surface area contributed by atoms with Crippen molar-refractivity contribution in [1.82, 2.24) is 4.72 Å². The smallest absolute Gasteiger partial charge is 0.240 e. The summed E-state index contributed by atoms with van der Waals surface area (Å²) in [5.41, 5.74) is 1.11. The van der Waals surface area contributed by atoms with Crippen molar-refractivity contribution in [2.24, 2.45) is 0 Å². The van der Waals surface area contributed by atoms with Gasteiger partial charge in [-0.25, -0.2) is 13.1 Å². The Bertz CT molecular complexity index is 1140. The van der Waals surface area contributed by atoms with Gasteiger partial charge in [-0.05, 0) is 34.5 Å². The van der Waals surface area contributed by atoms with Gasteiger partial charge in [0, 0.05) is 19.0 Å². The molecule has 0 saturated heterocycles. The number of sulfonamides is 1. The van der Waals surface area contributed by atoms with Gasteiger partial charge in [0.2, 0.25) is 10.0 Å². The average molecular weight is 414 g/mol. The molecule has 0 atom stereocenters. The Morgan fingerprint density at radius 3 is 2.43 bits per heavy atom. The van der Waals surface area contributed by atoms with Gasteiger partial charge in [0.05, 0.1) is 10.6 Å². The lowest BCUT2D eigenvalue weighted by molar-refractivity contribution is -0.109. The number of carbonyl (C=O) groups is 2. The van der Waals surface area contributed by atoms with Gasteiger partial charge in [0.25, 0.3) is 0 Å². The maximum Gasteiger partial charge on any atom is 0.240 e. The predicted octanol–water partition coefficient (Wildman–Crippen LogP) is 3.78. The van der Waals surface area contributed by atoms with Gasteiger partial charge in [-0.15, -0.1) is 0 Å². The second-order valence-electron chi connectivity index (χ2n) is 6.24. The van der Waals surface area contributed by atoms with Crippen LogP contribution >= 0.6 is 11.8 Å². The highest BCUT2D eigenvalue weighted by Crippen LogP contribution is 2.17. The van der Waals surface area contributed by atoms with Gasteiger partial charge in [-0.1, -0.05) is 60.3 Å². The Balaban J connectivity index is 1.74. The van der Waals surface area contributed by atoms with Crippen LogP contribution in [0.4, 0.5) is 0 Å². The third-order valence-electron chi connectivity index (χ3n) is 4.15. The molecule has 0 amide bonds. The Kier molecular flexibility index (Phi) is 6.28. The maximum absolute atomic E-state index is 12.6. The van der Waals surface area contributed by atoms with E-state index < -0.39 is 10.0 Å². The summed E-state index contributed by atoms with van der Waals surface area (Å²) in [6, 6.07) is 19.5. The average Bonchev–Trinajstić information content (AvgIpc) is 2.70. The molecule has 0 saturated carbocycles. The van der Waals surface area contributed by atoms with Gasteiger partial charge < -0.3 is 0 Å². The number of fused-ring (bicyclic) bond motifs is 1. The third-order valence-corrected chi connectivity index (χ3v) is 6.36. The van der Waals surface area contributed by atoms with Crippen molar-refractivity contribution in [3.05, 3.63) is 77.9 Å². The molecule has 0 heterocycles. The molecule has 0 spiro atoms. The number of nitrogens with one attached hydrogen (secondary N) is 1. The van der Waals surface area contributed by atoms with Crippen LogP contribution in [0, 0.1) is 0 Å². The minimum atomic E-state index is -3.78. The summed E-state index contributed by atoms with van der Waals surface area (Å²) < 4.78 is 27.8. The topological polar surface area (TPSA) is 80.3 Å². The summed E-state index contributed by atoms with van der Waals surface area (Å²) in [4.78, 5) is 23.2. The van der Waals surface area contributed by atoms with Crippen LogP contribution in [0.3, 0.4) is 0 Å². The summed E-state index contributed by atoms with van der Waals surface area (Å²) in [7, 11) is -3.78. The van der Waals surface area contributed by atoms with Crippen molar-refractivity contribution in [2.75, 3.05) is 5.75 Å². The van der Waals surface area contributed by atoms with E-state index in [0.717, 1.165) is 28.1 Å². The second kappa shape index (κ2) is 8.68. The van der Waals surface area contributed by atoms with Gasteiger partial charge in [-0.3, -0.25) is 9.59 Å². The van der Waals surface area contributed by atoms with Crippen LogP contribution in [0.25, 0.3) is 10.8 Å². The first-order valence-electron chi connectivity index (χ1n) is 8.59. The lowest BCUT2D eigenvalue weighted by Crippen LogP contribution is -2.23. The highest BCUT2D eigenvalue weighted by Gasteiger charge is 2.16. The molecule has 5 nitrogen and oxygen atoms in total. The Labute approximate surface area is 168 Å². The lowest BCUT2D eigenvalue weighted by Gasteiger charge is -2.09. The zero-order valence-corrected chi connectivity index (χ0v) is 16.8. The molecule has 0 radical (unpaired) electrons. The summed E-state index contributed by atoms with van der Waals surface area (Å²) in [5.74, 6) is -0.296. The largest absolute Gasteiger partial charge is 0.293 e. The van der Waals surface area contributed by atoms with Crippen molar-refractivity contribution in [3.8, 4) is 0 Å². The minimum Gasteiger partial charge on any atom is -0.293 e. The van der Waals surface area contributed by atoms with E-state index in [0.29, 0.717) is 0 Å². The summed E-state index contributed by atoms with van der Waals surface area (Å²) in [6.45, 7) is 1.53. The van der Waals surface area contributed by atoms with Gasteiger partial charge in [-0.2, -0.15) is 0 Å². The minimum absolute atomic E-state index is 0.0106. The van der Waals surface area contributed by atoms with Gasteiger partial charge in [0.1, 0.15) is 0 Å². The van der Waals surface area contributed by atoms with E-state index in [9.17, 15) is 18.0 Å². The fraction of sp³-hybridized carbons (Fsp3) is 0.143. The first-order valence-corrected chi connectivity index (χ1v) is 11.1. The van der Waals surface area contributed by atoms with E-state index in [1.54, 1.807) is 6.07 Å². The first-order chi connectivity index (χ1) is 13.3. The molecule has 0 fully saturated rings. The Morgan fingerprint density at radius 1 is 0.929 bits per heavy atom. The number of hydrogen-bond donors (Lipinski definition) is 1. The maximum atomic E-state index is 12.6. The highest BCUT2D eigenvalue weighted by atomic mass is 32.2. The molecule has 1 N–H and O–H groups in total. The number of carbonyl (C=O) groups excluding carboxylic acids is 2. The Hall–Kier alpha value is -2.48. The van der Waals surface area contributed by atoms with Gasteiger partial charge in [0.15, 0.2) is 10.9 Å². The first kappa shape index (κ1) is 20.3. The molecule has 7 heteroatoms. The van der Waals surface area contributed by atoms with Crippen LogP contribution in [-0.4, -0.2) is 25.1 Å². The second-order valence-corrected chi connectivity index (χ2v) is 9.16. The van der Waals surface area contributed by atoms with E-state index >= 15 is 0 Å². The van der Waals surface area contributed by atoms with Crippen LogP contribution in [0.5, 0.6) is 0 Å². The molecule has 28 heavy (non-hydrogen) atoms. The van der Waals surface area contributed by atoms with Crippen molar-refractivity contribution in [1.29, 1.82) is 0 Å². The number of Topliss-reactive ketones (excluding diaryl/α,β-unsaturated/α-hetero) is 1. The van der Waals surface area contributed by atoms with Crippen LogP contribution < -0.4 is 4.72 Å². The zero-order valence-electron chi connectivity index (χ0n) is 15.2. The predicted molar refractivity (Wildman–Crippen MR) is 112 cm³/mol. The molecule has 0 aromatic heterocycles. The number of benzene rings is 3. The molecule has 0 aliphatic carbocycles. The van der Waals surface area contributed by atoms with E-state index in [1.807, 2.05) is 42.5 Å². The molecule has 0 bridgehead atoms. The normalized spacial score (nSPS) is 11.5. The number of rotatable bonds is 7. The summed E-state index contributed by atoms with van der Waals surface area (Å²) in [5, 5.41) is 1.97. The molecule has 3 rings (SSSR count). The van der Waals surface area contributed by atoms with E-state index in [2.05, 4.69) is 4.72 Å². The van der Waals surface area contributed by atoms with Crippen LogP contribution in [0.15, 0.2) is 71.6 Å². The van der Waals surface area contributed by atoms with E-state index in [1.165, 1.54) is 25.1 Å². The molecule has 0 unspecified atom stereocenters. The van der Waals surface area contributed by atoms with Crippen LogP contribution in [-0.2, 0) is 21.4 Å². The molecule has 3 aromatic rings. The molecule has 0 aliphatic heterocycles. The fourth-order valence-electron chi connectivity index (χ4n) is 2.70. The van der Waals surface area contributed by atoms with Crippen molar-refractivity contribution in [3.63, 3.8) is 0 Å². The number of ketones is 1. The number of hydrogen-bond acceptors (Lipinski definition) is 5. The van der Waals surface area contributed by atoms with Gasteiger partial charge >= 0.3 is 0 Å². The zero-order chi connectivity index (χ0) is 20.1. The summed E-state index contributed by atoms with van der Waals surface area (Å²) in [6.07, 6.45) is 0. The van der Waals surface area contributed by atoms with Crippen molar-refractivity contribution < 1.29 is 18.0 Å². The number of thioether (sulfide) groups is 1. The highest BCUT2D eigenvalue weighted by molar-refractivity contribution is 8.14. The molecular formula is C21H19NO4S2. The molecule has 144 valence electrons. The lowest BCUT2D eigenvalue weighted by atomic mass is 10.1. The quantitative estimate of drug-likeness (QED) is 0.596.